The first kappa shape index (κ1) is 11.8. The van der Waals surface area contributed by atoms with Crippen molar-refractivity contribution >= 4 is 12.0 Å². The van der Waals surface area contributed by atoms with Crippen LogP contribution >= 0.6 is 0 Å². The molecule has 5 heteroatoms. The van der Waals surface area contributed by atoms with Gasteiger partial charge in [-0.05, 0) is 20.8 Å². The maximum Gasteiger partial charge on any atom is 0.409 e. The third-order valence-electron chi connectivity index (χ3n) is 1.97. The molecule has 0 aromatic heterocycles. The van der Waals surface area contributed by atoms with Gasteiger partial charge in [0.1, 0.15) is 6.61 Å². The summed E-state index contributed by atoms with van der Waals surface area (Å²) in [5.41, 5.74) is -0.220. The maximum atomic E-state index is 11.4. The summed E-state index contributed by atoms with van der Waals surface area (Å²) in [6, 6.07) is 0. The molecule has 1 aliphatic heterocycles. The van der Waals surface area contributed by atoms with Gasteiger partial charge >= 0.3 is 6.09 Å². The Hall–Kier alpha value is -1.26. The van der Waals surface area contributed by atoms with Gasteiger partial charge in [-0.25, -0.2) is 4.79 Å². The van der Waals surface area contributed by atoms with Crippen LogP contribution in [0.2, 0.25) is 0 Å². The van der Waals surface area contributed by atoms with E-state index in [4.69, 9.17) is 4.74 Å². The molecule has 1 aliphatic rings. The third kappa shape index (κ3) is 4.18. The zero-order chi connectivity index (χ0) is 11.5. The van der Waals surface area contributed by atoms with Crippen molar-refractivity contribution in [1.29, 1.82) is 0 Å². The van der Waals surface area contributed by atoms with Crippen LogP contribution in [0.4, 0.5) is 4.79 Å². The van der Waals surface area contributed by atoms with Crippen molar-refractivity contribution in [3.8, 4) is 0 Å². The summed E-state index contributed by atoms with van der Waals surface area (Å²) < 4.78 is 4.75. The van der Waals surface area contributed by atoms with Gasteiger partial charge in [0.05, 0.1) is 6.54 Å². The highest BCUT2D eigenvalue weighted by molar-refractivity contribution is 5.77. The zero-order valence-corrected chi connectivity index (χ0v) is 9.50. The molecular weight excluding hydrogens is 196 g/mol. The summed E-state index contributed by atoms with van der Waals surface area (Å²) in [4.78, 5) is 24.0. The Morgan fingerprint density at radius 2 is 2.20 bits per heavy atom. The van der Waals surface area contributed by atoms with E-state index in [-0.39, 0.29) is 17.5 Å². The van der Waals surface area contributed by atoms with E-state index in [0.717, 1.165) is 0 Å². The first-order valence-electron chi connectivity index (χ1n) is 5.11. The van der Waals surface area contributed by atoms with Crippen LogP contribution in [0.25, 0.3) is 0 Å². The molecule has 5 nitrogen and oxygen atoms in total. The first-order valence-corrected chi connectivity index (χ1v) is 5.11. The molecule has 0 saturated carbocycles. The highest BCUT2D eigenvalue weighted by Gasteiger charge is 2.22. The largest absolute Gasteiger partial charge is 0.448 e. The number of carbonyl (C=O) groups excluding carboxylic acids is 2. The average Bonchev–Trinajstić information content (AvgIpc) is 2.44. The van der Waals surface area contributed by atoms with Gasteiger partial charge in [0.25, 0.3) is 0 Å². The molecule has 86 valence electrons. The van der Waals surface area contributed by atoms with E-state index < -0.39 is 0 Å². The molecule has 1 saturated heterocycles. The summed E-state index contributed by atoms with van der Waals surface area (Å²) in [5, 5.41) is 2.84. The lowest BCUT2D eigenvalue weighted by Gasteiger charge is -2.21. The van der Waals surface area contributed by atoms with Gasteiger partial charge in [-0.1, -0.05) is 0 Å². The Bertz CT molecular complexity index is 258. The zero-order valence-electron chi connectivity index (χ0n) is 9.50. The van der Waals surface area contributed by atoms with Crippen molar-refractivity contribution < 1.29 is 14.3 Å². The summed E-state index contributed by atoms with van der Waals surface area (Å²) in [6.07, 6.45) is 0.00498. The molecule has 0 unspecified atom stereocenters. The van der Waals surface area contributed by atoms with Gasteiger partial charge in [0.2, 0.25) is 5.91 Å². The molecule has 0 aromatic carbocycles. The highest BCUT2D eigenvalue weighted by atomic mass is 16.6. The van der Waals surface area contributed by atoms with E-state index >= 15 is 0 Å². The monoisotopic (exact) mass is 214 g/mol. The molecule has 1 fully saturated rings. The molecule has 0 radical (unpaired) electrons. The van der Waals surface area contributed by atoms with E-state index in [1.165, 1.54) is 0 Å². The standard InChI is InChI=1S/C10H18N2O3/c1-10(2,3)11-8(13)4-5-12-6-7-15-9(12)14/h4-7H2,1-3H3,(H,11,13). The van der Waals surface area contributed by atoms with Crippen molar-refractivity contribution in [2.24, 2.45) is 0 Å². The summed E-state index contributed by atoms with van der Waals surface area (Å²) in [5.74, 6) is -0.0396. The second-order valence-corrected chi connectivity index (χ2v) is 4.65. The van der Waals surface area contributed by atoms with Crippen molar-refractivity contribution in [1.82, 2.24) is 10.2 Å². The molecule has 2 amide bonds. The van der Waals surface area contributed by atoms with E-state index in [1.807, 2.05) is 20.8 Å². The number of carbonyl (C=O) groups is 2. The highest BCUT2D eigenvalue weighted by Crippen LogP contribution is 2.05. The molecule has 1 rings (SSSR count). The van der Waals surface area contributed by atoms with Crippen LogP contribution < -0.4 is 5.32 Å². The number of hydrogen-bond donors (Lipinski definition) is 1. The van der Waals surface area contributed by atoms with Gasteiger partial charge in [-0.2, -0.15) is 0 Å². The van der Waals surface area contributed by atoms with Gasteiger partial charge in [0, 0.05) is 18.5 Å². The van der Waals surface area contributed by atoms with Crippen LogP contribution in [0.3, 0.4) is 0 Å². The number of nitrogens with one attached hydrogen (secondary N) is 1. The number of ether oxygens (including phenoxy) is 1. The van der Waals surface area contributed by atoms with Crippen LogP contribution in [-0.2, 0) is 9.53 Å². The van der Waals surface area contributed by atoms with Gasteiger partial charge < -0.3 is 15.0 Å². The predicted octanol–water partition coefficient (Wildman–Crippen LogP) is 0.743. The number of cyclic esters (lactones) is 1. The minimum absolute atomic E-state index is 0.0396. The van der Waals surface area contributed by atoms with E-state index in [2.05, 4.69) is 5.32 Å². The Morgan fingerprint density at radius 1 is 1.53 bits per heavy atom. The Kier molecular flexibility index (Phi) is 3.55. The smallest absolute Gasteiger partial charge is 0.409 e. The molecule has 0 aliphatic carbocycles. The lowest BCUT2D eigenvalue weighted by molar-refractivity contribution is -0.122. The molecule has 15 heavy (non-hydrogen) atoms. The predicted molar refractivity (Wildman–Crippen MR) is 55.4 cm³/mol. The Morgan fingerprint density at radius 3 is 2.67 bits per heavy atom. The minimum atomic E-state index is -0.321. The topological polar surface area (TPSA) is 58.6 Å². The fourth-order valence-corrected chi connectivity index (χ4v) is 1.35. The van der Waals surface area contributed by atoms with E-state index in [9.17, 15) is 9.59 Å². The van der Waals surface area contributed by atoms with Gasteiger partial charge in [0.15, 0.2) is 0 Å². The Balaban J connectivity index is 2.25. The number of amides is 2. The van der Waals surface area contributed by atoms with Crippen molar-refractivity contribution in [2.75, 3.05) is 19.7 Å². The SMILES string of the molecule is CC(C)(C)NC(=O)CCN1CCOC1=O. The van der Waals surface area contributed by atoms with Crippen molar-refractivity contribution in [2.45, 2.75) is 32.7 Å². The van der Waals surface area contributed by atoms with Crippen LogP contribution in [-0.4, -0.2) is 42.1 Å². The number of nitrogens with zero attached hydrogens (tertiary/aromatic N) is 1. The normalized spacial score (nSPS) is 16.5. The fourth-order valence-electron chi connectivity index (χ4n) is 1.35. The number of hydrogen-bond acceptors (Lipinski definition) is 3. The minimum Gasteiger partial charge on any atom is -0.448 e. The van der Waals surface area contributed by atoms with Crippen LogP contribution in [0, 0.1) is 0 Å². The molecule has 1 N–H and O–H groups in total. The summed E-state index contributed by atoms with van der Waals surface area (Å²) in [7, 11) is 0. The van der Waals surface area contributed by atoms with Crippen LogP contribution in [0.5, 0.6) is 0 Å². The number of rotatable bonds is 3. The third-order valence-corrected chi connectivity index (χ3v) is 1.97. The Labute approximate surface area is 89.8 Å². The van der Waals surface area contributed by atoms with Gasteiger partial charge in [-0.15, -0.1) is 0 Å². The average molecular weight is 214 g/mol. The lowest BCUT2D eigenvalue weighted by Crippen LogP contribution is -2.42. The quantitative estimate of drug-likeness (QED) is 0.754. The van der Waals surface area contributed by atoms with E-state index in [0.29, 0.717) is 26.1 Å². The van der Waals surface area contributed by atoms with Crippen molar-refractivity contribution in [3.05, 3.63) is 0 Å². The molecule has 0 atom stereocenters. The van der Waals surface area contributed by atoms with Crippen molar-refractivity contribution in [3.63, 3.8) is 0 Å². The maximum absolute atomic E-state index is 11.4. The second-order valence-electron chi connectivity index (χ2n) is 4.65. The lowest BCUT2D eigenvalue weighted by atomic mass is 10.1. The second kappa shape index (κ2) is 4.51. The molecular formula is C10H18N2O3. The van der Waals surface area contributed by atoms with Crippen LogP contribution in [0.15, 0.2) is 0 Å². The molecule has 1 heterocycles. The molecule has 0 bridgehead atoms. The first-order chi connectivity index (χ1) is 6.88. The van der Waals surface area contributed by atoms with Crippen LogP contribution in [0.1, 0.15) is 27.2 Å². The van der Waals surface area contributed by atoms with Gasteiger partial charge in [-0.3, -0.25) is 4.79 Å². The fraction of sp³-hybridized carbons (Fsp3) is 0.800. The summed E-state index contributed by atoms with van der Waals surface area (Å²) in [6.45, 7) is 7.22. The van der Waals surface area contributed by atoms with E-state index in [1.54, 1.807) is 4.90 Å². The molecule has 0 spiro atoms. The molecule has 0 aromatic rings. The summed E-state index contributed by atoms with van der Waals surface area (Å²) >= 11 is 0.